The van der Waals surface area contributed by atoms with Gasteiger partial charge in [-0.3, -0.25) is 14.4 Å². The van der Waals surface area contributed by atoms with Crippen LogP contribution in [0.25, 0.3) is 0 Å². The Balaban J connectivity index is 2.23. The van der Waals surface area contributed by atoms with Crippen molar-refractivity contribution in [3.63, 3.8) is 0 Å². The summed E-state index contributed by atoms with van der Waals surface area (Å²) < 4.78 is 10.7. The zero-order valence-electron chi connectivity index (χ0n) is 19.8. The van der Waals surface area contributed by atoms with Crippen LogP contribution in [0.5, 0.6) is 5.75 Å². The molecule has 0 aliphatic carbocycles. The second kappa shape index (κ2) is 13.0. The first-order chi connectivity index (χ1) is 15.3. The van der Waals surface area contributed by atoms with Gasteiger partial charge in [-0.2, -0.15) is 0 Å². The molecule has 1 aromatic rings. The molecule has 0 spiro atoms. The second-order valence-corrected chi connectivity index (χ2v) is 9.02. The molecule has 1 aromatic carbocycles. The Labute approximate surface area is 191 Å². The maximum absolute atomic E-state index is 13.1. The lowest BCUT2D eigenvalue weighted by Crippen LogP contribution is -2.45. The molecule has 0 saturated carbocycles. The summed E-state index contributed by atoms with van der Waals surface area (Å²) in [5.74, 6) is -0.430. The van der Waals surface area contributed by atoms with Gasteiger partial charge in [0, 0.05) is 12.3 Å². The SMILES string of the molecule is COC(=O)[C@@H]1CC/C=C/CCOc2ccc(cc2)C[C@H](C)C(=O)N[C@@H](CC(C)C)C(=O)C1. The number of carbonyl (C=O) groups excluding carboxylic acids is 3. The van der Waals surface area contributed by atoms with Gasteiger partial charge >= 0.3 is 5.97 Å². The molecule has 0 aromatic heterocycles. The van der Waals surface area contributed by atoms with Gasteiger partial charge in [0.25, 0.3) is 0 Å². The summed E-state index contributed by atoms with van der Waals surface area (Å²) in [6.07, 6.45) is 7.17. The van der Waals surface area contributed by atoms with Crippen molar-refractivity contribution >= 4 is 17.7 Å². The number of ether oxygens (including phenoxy) is 2. The summed E-state index contributed by atoms with van der Waals surface area (Å²) in [5.41, 5.74) is 1.04. The lowest BCUT2D eigenvalue weighted by Gasteiger charge is -2.23. The van der Waals surface area contributed by atoms with Gasteiger partial charge in [0.1, 0.15) is 5.75 Å². The molecule has 1 N–H and O–H groups in total. The number of fused-ring (bicyclic) bond motifs is 15. The molecule has 176 valence electrons. The number of amides is 1. The highest BCUT2D eigenvalue weighted by Crippen LogP contribution is 2.20. The maximum atomic E-state index is 13.1. The molecule has 3 rings (SSSR count). The predicted molar refractivity (Wildman–Crippen MR) is 124 cm³/mol. The molecule has 6 heteroatoms. The van der Waals surface area contributed by atoms with Crippen molar-refractivity contribution in [2.24, 2.45) is 17.8 Å². The van der Waals surface area contributed by atoms with Gasteiger partial charge in [0.2, 0.25) is 5.91 Å². The van der Waals surface area contributed by atoms with Crippen LogP contribution in [0.4, 0.5) is 0 Å². The molecule has 3 atom stereocenters. The Hall–Kier alpha value is -2.63. The smallest absolute Gasteiger partial charge is 0.309 e. The molecule has 1 amide bonds. The van der Waals surface area contributed by atoms with E-state index in [0.717, 1.165) is 17.7 Å². The summed E-state index contributed by atoms with van der Waals surface area (Å²) in [4.78, 5) is 38.3. The Kier molecular flexibility index (Phi) is 10.4. The van der Waals surface area contributed by atoms with Crippen LogP contribution in [0.2, 0.25) is 0 Å². The minimum atomic E-state index is -0.606. The fourth-order valence-corrected chi connectivity index (χ4v) is 3.86. The highest BCUT2D eigenvalue weighted by atomic mass is 16.5. The monoisotopic (exact) mass is 443 g/mol. The van der Waals surface area contributed by atoms with Crippen LogP contribution in [0.15, 0.2) is 36.4 Å². The van der Waals surface area contributed by atoms with Gasteiger partial charge in [0.15, 0.2) is 5.78 Å². The molecular weight excluding hydrogens is 406 g/mol. The normalized spacial score (nSPS) is 24.6. The van der Waals surface area contributed by atoms with Gasteiger partial charge in [-0.05, 0) is 55.7 Å². The summed E-state index contributed by atoms with van der Waals surface area (Å²) in [7, 11) is 1.34. The Morgan fingerprint density at radius 1 is 1.12 bits per heavy atom. The lowest BCUT2D eigenvalue weighted by atomic mass is 9.90. The van der Waals surface area contributed by atoms with E-state index in [9.17, 15) is 14.4 Å². The van der Waals surface area contributed by atoms with Crippen molar-refractivity contribution in [3.8, 4) is 5.75 Å². The molecule has 0 saturated heterocycles. The molecule has 2 heterocycles. The number of nitrogens with one attached hydrogen (secondary N) is 1. The Bertz CT molecular complexity index is 784. The van der Waals surface area contributed by atoms with Gasteiger partial charge in [-0.1, -0.05) is 45.1 Å². The number of Topliss-reactive ketones (excluding diaryl/α,β-unsaturated/α-hetero) is 1. The molecule has 0 unspecified atom stereocenters. The number of allylic oxidation sites excluding steroid dienone is 1. The largest absolute Gasteiger partial charge is 0.493 e. The van der Waals surface area contributed by atoms with E-state index in [1.807, 2.05) is 57.2 Å². The first-order valence-electron chi connectivity index (χ1n) is 11.6. The second-order valence-electron chi connectivity index (χ2n) is 9.02. The molecular formula is C26H37NO5. The summed E-state index contributed by atoms with van der Waals surface area (Å²) >= 11 is 0. The number of methoxy groups -OCH3 is 1. The number of rotatable bonds is 3. The number of carbonyl (C=O) groups is 3. The van der Waals surface area contributed by atoms with Crippen molar-refractivity contribution in [2.45, 2.75) is 65.3 Å². The van der Waals surface area contributed by atoms with Crippen LogP contribution in [0, 0.1) is 17.8 Å². The van der Waals surface area contributed by atoms with Crippen molar-refractivity contribution in [2.75, 3.05) is 13.7 Å². The van der Waals surface area contributed by atoms with E-state index in [1.54, 1.807) is 0 Å². The van der Waals surface area contributed by atoms with Gasteiger partial charge in [-0.15, -0.1) is 0 Å². The van der Waals surface area contributed by atoms with E-state index in [2.05, 4.69) is 5.32 Å². The first-order valence-corrected chi connectivity index (χ1v) is 11.6. The van der Waals surface area contributed by atoms with E-state index in [1.165, 1.54) is 7.11 Å². The molecule has 0 radical (unpaired) electrons. The number of hydrogen-bond donors (Lipinski definition) is 1. The van der Waals surface area contributed by atoms with Crippen molar-refractivity contribution < 1.29 is 23.9 Å². The van der Waals surface area contributed by atoms with Crippen molar-refractivity contribution in [1.29, 1.82) is 0 Å². The van der Waals surface area contributed by atoms with Gasteiger partial charge < -0.3 is 14.8 Å². The number of benzene rings is 1. The van der Waals surface area contributed by atoms with Crippen molar-refractivity contribution in [1.82, 2.24) is 5.32 Å². The minimum Gasteiger partial charge on any atom is -0.493 e. The van der Waals surface area contributed by atoms with E-state index in [4.69, 9.17) is 9.47 Å². The van der Waals surface area contributed by atoms with E-state index < -0.39 is 12.0 Å². The maximum Gasteiger partial charge on any atom is 0.309 e. The topological polar surface area (TPSA) is 81.7 Å². The standard InChI is InChI=1S/C26H37NO5/c1-18(2)15-23-24(28)17-21(26(30)31-4)9-7-5-6-8-14-32-22-12-10-20(11-13-22)16-19(3)25(29)27-23/h5-6,10-13,18-19,21,23H,7-9,14-17H2,1-4H3,(H,27,29)/b6-5+/t19-,21+,23-/m0/s1. The Morgan fingerprint density at radius 2 is 1.81 bits per heavy atom. The summed E-state index contributed by atoms with van der Waals surface area (Å²) in [6.45, 7) is 6.46. The number of ketones is 1. The number of hydrogen-bond acceptors (Lipinski definition) is 5. The van der Waals surface area contributed by atoms with Crippen LogP contribution >= 0.6 is 0 Å². The fourth-order valence-electron chi connectivity index (χ4n) is 3.86. The summed E-state index contributed by atoms with van der Waals surface area (Å²) in [5, 5.41) is 2.95. The van der Waals surface area contributed by atoms with Crippen LogP contribution in [0.1, 0.15) is 58.4 Å². The zero-order valence-corrected chi connectivity index (χ0v) is 19.8. The highest BCUT2D eigenvalue weighted by molar-refractivity contribution is 5.92. The highest BCUT2D eigenvalue weighted by Gasteiger charge is 2.29. The van der Waals surface area contributed by atoms with Gasteiger partial charge in [-0.25, -0.2) is 0 Å². The zero-order chi connectivity index (χ0) is 23.5. The lowest BCUT2D eigenvalue weighted by molar-refractivity contribution is -0.147. The molecule has 2 bridgehead atoms. The number of esters is 1. The van der Waals surface area contributed by atoms with Gasteiger partial charge in [0.05, 0.1) is 25.7 Å². The quantitative estimate of drug-likeness (QED) is 0.557. The van der Waals surface area contributed by atoms with Crippen LogP contribution < -0.4 is 10.1 Å². The Morgan fingerprint density at radius 3 is 2.47 bits per heavy atom. The first kappa shape index (κ1) is 25.6. The third kappa shape index (κ3) is 8.48. The molecule has 0 fully saturated rings. The van der Waals surface area contributed by atoms with E-state index in [0.29, 0.717) is 32.3 Å². The third-order valence-corrected chi connectivity index (χ3v) is 5.71. The van der Waals surface area contributed by atoms with Crippen molar-refractivity contribution in [3.05, 3.63) is 42.0 Å². The van der Waals surface area contributed by atoms with E-state index >= 15 is 0 Å². The molecule has 2 aliphatic rings. The molecule has 6 nitrogen and oxygen atoms in total. The minimum absolute atomic E-state index is 0.0663. The average molecular weight is 444 g/mol. The van der Waals surface area contributed by atoms with E-state index in [-0.39, 0.29) is 35.9 Å². The molecule has 32 heavy (non-hydrogen) atoms. The van der Waals surface area contributed by atoms with Crippen LogP contribution in [-0.4, -0.2) is 37.4 Å². The summed E-state index contributed by atoms with van der Waals surface area (Å²) in [6, 6.07) is 7.18. The van der Waals surface area contributed by atoms with Crippen LogP contribution in [-0.2, 0) is 25.5 Å². The third-order valence-electron chi connectivity index (χ3n) is 5.71. The van der Waals surface area contributed by atoms with Crippen LogP contribution in [0.3, 0.4) is 0 Å². The molecule has 2 aliphatic heterocycles. The fraction of sp³-hybridized carbons (Fsp3) is 0.577. The average Bonchev–Trinajstić information content (AvgIpc) is 2.76. The predicted octanol–water partition coefficient (Wildman–Crippen LogP) is 4.26.